The molecule has 3 nitrogen and oxygen atoms in total. The molecule has 0 fully saturated rings. The summed E-state index contributed by atoms with van der Waals surface area (Å²) in [6.07, 6.45) is 0. The Labute approximate surface area is 121 Å². The molecule has 0 aromatic heterocycles. The van der Waals surface area contributed by atoms with Gasteiger partial charge in [0.1, 0.15) is 5.82 Å². The van der Waals surface area contributed by atoms with Crippen LogP contribution in [0, 0.1) is 5.82 Å². The van der Waals surface area contributed by atoms with E-state index in [2.05, 4.69) is 10.1 Å². The molecule has 2 aromatic carbocycles. The monoisotopic (exact) mass is 293 g/mol. The highest BCUT2D eigenvalue weighted by Crippen LogP contribution is 2.19. The lowest BCUT2D eigenvalue weighted by Crippen LogP contribution is -2.04. The minimum atomic E-state index is -0.395. The van der Waals surface area contributed by atoms with Crippen LogP contribution in [0.3, 0.4) is 0 Å². The molecule has 20 heavy (non-hydrogen) atoms. The third-order valence-corrected chi connectivity index (χ3v) is 3.13. The molecule has 2 aromatic rings. The lowest BCUT2D eigenvalue weighted by Gasteiger charge is -2.09. The van der Waals surface area contributed by atoms with Crippen molar-refractivity contribution in [3.63, 3.8) is 0 Å². The molecule has 0 unspecified atom stereocenters. The summed E-state index contributed by atoms with van der Waals surface area (Å²) in [6.45, 7) is 0.434. The normalized spacial score (nSPS) is 10.2. The number of hydrogen-bond donors (Lipinski definition) is 1. The molecular weight excluding hydrogens is 281 g/mol. The maximum atomic E-state index is 12.9. The van der Waals surface area contributed by atoms with Gasteiger partial charge in [0.25, 0.3) is 0 Å². The lowest BCUT2D eigenvalue weighted by atomic mass is 10.2. The van der Waals surface area contributed by atoms with Crippen molar-refractivity contribution in [3.8, 4) is 0 Å². The number of nitrogens with one attached hydrogen (secondary N) is 1. The summed E-state index contributed by atoms with van der Waals surface area (Å²) >= 11 is 5.95. The summed E-state index contributed by atoms with van der Waals surface area (Å²) in [4.78, 5) is 11.4. The minimum absolute atomic E-state index is 0.363. The fraction of sp³-hybridized carbons (Fsp3) is 0.133. The second kappa shape index (κ2) is 6.39. The molecule has 2 rings (SSSR count). The van der Waals surface area contributed by atoms with Crippen LogP contribution in [0.2, 0.25) is 5.02 Å². The van der Waals surface area contributed by atoms with E-state index in [0.717, 1.165) is 11.3 Å². The quantitative estimate of drug-likeness (QED) is 0.870. The van der Waals surface area contributed by atoms with E-state index < -0.39 is 5.97 Å². The fourth-order valence-corrected chi connectivity index (χ4v) is 1.97. The number of rotatable bonds is 4. The highest BCUT2D eigenvalue weighted by atomic mass is 35.5. The molecule has 0 spiro atoms. The van der Waals surface area contributed by atoms with Crippen molar-refractivity contribution in [1.29, 1.82) is 0 Å². The number of methoxy groups -OCH3 is 1. The number of carbonyl (C=O) groups excluding carboxylic acids is 1. The van der Waals surface area contributed by atoms with Crippen molar-refractivity contribution in [3.05, 3.63) is 64.4 Å². The fourth-order valence-electron chi connectivity index (χ4n) is 1.74. The van der Waals surface area contributed by atoms with Gasteiger partial charge < -0.3 is 10.1 Å². The van der Waals surface area contributed by atoms with Crippen molar-refractivity contribution in [1.82, 2.24) is 0 Å². The number of ether oxygens (including phenoxy) is 1. The van der Waals surface area contributed by atoms with Crippen molar-refractivity contribution >= 4 is 23.3 Å². The van der Waals surface area contributed by atoms with E-state index in [1.807, 2.05) is 6.07 Å². The maximum Gasteiger partial charge on any atom is 0.337 e. The van der Waals surface area contributed by atoms with E-state index >= 15 is 0 Å². The second-order valence-corrected chi connectivity index (χ2v) is 4.57. The molecular formula is C15H13ClFNO2. The largest absolute Gasteiger partial charge is 0.465 e. The Balaban J connectivity index is 2.09. The van der Waals surface area contributed by atoms with Gasteiger partial charge in [-0.15, -0.1) is 0 Å². The number of esters is 1. The number of benzene rings is 2. The van der Waals surface area contributed by atoms with E-state index in [-0.39, 0.29) is 5.82 Å². The smallest absolute Gasteiger partial charge is 0.337 e. The van der Waals surface area contributed by atoms with Gasteiger partial charge in [0.15, 0.2) is 0 Å². The first-order valence-electron chi connectivity index (χ1n) is 5.96. The van der Waals surface area contributed by atoms with E-state index in [1.54, 1.807) is 24.3 Å². The molecule has 0 saturated carbocycles. The molecule has 0 aliphatic carbocycles. The molecule has 0 saturated heterocycles. The predicted octanol–water partition coefficient (Wildman–Crippen LogP) is 3.88. The Bertz CT molecular complexity index is 631. The molecule has 1 N–H and O–H groups in total. The van der Waals surface area contributed by atoms with Gasteiger partial charge in [0.2, 0.25) is 0 Å². The van der Waals surface area contributed by atoms with Crippen LogP contribution in [0.1, 0.15) is 15.9 Å². The van der Waals surface area contributed by atoms with E-state index in [9.17, 15) is 9.18 Å². The zero-order chi connectivity index (χ0) is 14.5. The van der Waals surface area contributed by atoms with Crippen LogP contribution in [0.15, 0.2) is 42.5 Å². The highest BCUT2D eigenvalue weighted by molar-refractivity contribution is 6.31. The van der Waals surface area contributed by atoms with Gasteiger partial charge in [-0.2, -0.15) is 0 Å². The first-order valence-corrected chi connectivity index (χ1v) is 6.34. The molecule has 0 radical (unpaired) electrons. The Morgan fingerprint density at radius 1 is 1.30 bits per heavy atom. The number of halogens is 2. The number of carbonyl (C=O) groups is 1. The van der Waals surface area contributed by atoms with Crippen LogP contribution in [0.25, 0.3) is 0 Å². The standard InChI is InChI=1S/C15H13ClFNO2/c1-20-15(19)10-3-2-4-13(7-10)18-9-11-5-6-12(17)8-14(11)16/h2-8,18H,9H2,1H3. The van der Waals surface area contributed by atoms with Crippen LogP contribution < -0.4 is 5.32 Å². The molecule has 0 atom stereocenters. The summed E-state index contributed by atoms with van der Waals surface area (Å²) < 4.78 is 17.6. The van der Waals surface area contributed by atoms with Gasteiger partial charge in [0.05, 0.1) is 12.7 Å². The Morgan fingerprint density at radius 2 is 2.10 bits per heavy atom. The average Bonchev–Trinajstić information content (AvgIpc) is 2.46. The SMILES string of the molecule is COC(=O)c1cccc(NCc2ccc(F)cc2Cl)c1. The second-order valence-electron chi connectivity index (χ2n) is 4.16. The van der Waals surface area contributed by atoms with E-state index in [4.69, 9.17) is 11.6 Å². The molecule has 0 aliphatic rings. The summed E-state index contributed by atoms with van der Waals surface area (Å²) in [6, 6.07) is 11.2. The van der Waals surface area contributed by atoms with Crippen LogP contribution in [0.5, 0.6) is 0 Å². The van der Waals surface area contributed by atoms with Crippen molar-refractivity contribution < 1.29 is 13.9 Å². The number of hydrogen-bond acceptors (Lipinski definition) is 3. The summed E-state index contributed by atoms with van der Waals surface area (Å²) in [5, 5.41) is 3.49. The van der Waals surface area contributed by atoms with Crippen LogP contribution in [-0.4, -0.2) is 13.1 Å². The molecule has 0 heterocycles. The molecule has 104 valence electrons. The summed E-state index contributed by atoms with van der Waals surface area (Å²) in [5.74, 6) is -0.764. The first-order chi connectivity index (χ1) is 9.60. The van der Waals surface area contributed by atoms with Crippen LogP contribution in [0.4, 0.5) is 10.1 Å². The molecule has 0 bridgehead atoms. The van der Waals surface area contributed by atoms with E-state index in [1.165, 1.54) is 19.2 Å². The maximum absolute atomic E-state index is 12.9. The Kier molecular flexibility index (Phi) is 4.58. The van der Waals surface area contributed by atoms with Gasteiger partial charge in [-0.25, -0.2) is 9.18 Å². The zero-order valence-electron chi connectivity index (χ0n) is 10.8. The zero-order valence-corrected chi connectivity index (χ0v) is 11.6. The first kappa shape index (κ1) is 14.3. The van der Waals surface area contributed by atoms with Gasteiger partial charge >= 0.3 is 5.97 Å². The van der Waals surface area contributed by atoms with Crippen molar-refractivity contribution in [2.45, 2.75) is 6.54 Å². The highest BCUT2D eigenvalue weighted by Gasteiger charge is 2.06. The Morgan fingerprint density at radius 3 is 2.80 bits per heavy atom. The van der Waals surface area contributed by atoms with Crippen molar-refractivity contribution in [2.24, 2.45) is 0 Å². The van der Waals surface area contributed by atoms with Gasteiger partial charge in [0, 0.05) is 17.3 Å². The van der Waals surface area contributed by atoms with Gasteiger partial charge in [-0.05, 0) is 35.9 Å². The van der Waals surface area contributed by atoms with E-state index in [0.29, 0.717) is 17.1 Å². The molecule has 0 aliphatic heterocycles. The molecule has 5 heteroatoms. The third-order valence-electron chi connectivity index (χ3n) is 2.78. The average molecular weight is 294 g/mol. The lowest BCUT2D eigenvalue weighted by molar-refractivity contribution is 0.0601. The summed E-state index contributed by atoms with van der Waals surface area (Å²) in [5.41, 5.74) is 1.99. The Hall–Kier alpha value is -2.07. The third kappa shape index (κ3) is 3.48. The predicted molar refractivity (Wildman–Crippen MR) is 76.5 cm³/mol. The minimum Gasteiger partial charge on any atom is -0.465 e. The topological polar surface area (TPSA) is 38.3 Å². The van der Waals surface area contributed by atoms with Crippen molar-refractivity contribution in [2.75, 3.05) is 12.4 Å². The van der Waals surface area contributed by atoms with Crippen LogP contribution in [-0.2, 0) is 11.3 Å². The summed E-state index contributed by atoms with van der Waals surface area (Å²) in [7, 11) is 1.33. The van der Waals surface area contributed by atoms with Crippen LogP contribution >= 0.6 is 11.6 Å². The van der Waals surface area contributed by atoms with Gasteiger partial charge in [-0.3, -0.25) is 0 Å². The number of anilines is 1. The van der Waals surface area contributed by atoms with Gasteiger partial charge in [-0.1, -0.05) is 23.7 Å². The molecule has 0 amide bonds.